The van der Waals surface area contributed by atoms with Crippen LogP contribution >= 0.6 is 15.9 Å². The van der Waals surface area contributed by atoms with E-state index >= 15 is 0 Å². The molecule has 0 aromatic heterocycles. The van der Waals surface area contributed by atoms with Crippen LogP contribution in [0.1, 0.15) is 43.0 Å². The predicted octanol–water partition coefficient (Wildman–Crippen LogP) is 3.67. The van der Waals surface area contributed by atoms with Gasteiger partial charge in [-0.1, -0.05) is 35.0 Å². The third-order valence-electron chi connectivity index (χ3n) is 4.21. The third kappa shape index (κ3) is 3.61. The number of halogens is 1. The second-order valence-corrected chi connectivity index (χ2v) is 6.39. The Balaban J connectivity index is 2.19. The van der Waals surface area contributed by atoms with Crippen molar-refractivity contribution in [2.75, 3.05) is 5.33 Å². The molecule has 1 aromatic carbocycles. The molecule has 1 N–H and O–H groups in total. The van der Waals surface area contributed by atoms with Crippen LogP contribution < -0.4 is 5.32 Å². The summed E-state index contributed by atoms with van der Waals surface area (Å²) in [5.41, 5.74) is -0.321. The van der Waals surface area contributed by atoms with E-state index < -0.39 is 4.92 Å². The minimum absolute atomic E-state index is 0.126. The number of benzene rings is 1. The molecule has 6 heteroatoms. The lowest BCUT2D eigenvalue weighted by Gasteiger charge is -2.38. The molecular formula is C15H19BrN2O3. The summed E-state index contributed by atoms with van der Waals surface area (Å²) in [4.78, 5) is 23.0. The van der Waals surface area contributed by atoms with E-state index in [1.54, 1.807) is 12.1 Å². The van der Waals surface area contributed by atoms with E-state index in [4.69, 9.17) is 0 Å². The van der Waals surface area contributed by atoms with Gasteiger partial charge in [-0.3, -0.25) is 14.9 Å². The van der Waals surface area contributed by atoms with Gasteiger partial charge >= 0.3 is 0 Å². The summed E-state index contributed by atoms with van der Waals surface area (Å²) in [6.45, 7) is 2.21. The van der Waals surface area contributed by atoms with Crippen molar-refractivity contribution < 1.29 is 9.72 Å². The number of alkyl halides is 1. The number of nitrogens with zero attached hydrogens (tertiary/aromatic N) is 1. The highest BCUT2D eigenvalue weighted by Gasteiger charge is 2.35. The van der Waals surface area contributed by atoms with Gasteiger partial charge in [0, 0.05) is 11.4 Å². The molecule has 114 valence electrons. The first kappa shape index (κ1) is 15.9. The summed E-state index contributed by atoms with van der Waals surface area (Å²) in [7, 11) is 0. The quantitative estimate of drug-likeness (QED) is 0.509. The highest BCUT2D eigenvalue weighted by atomic mass is 79.9. The Morgan fingerprint density at radius 2 is 2.05 bits per heavy atom. The number of carbonyl (C=O) groups is 1. The van der Waals surface area contributed by atoms with Crippen molar-refractivity contribution in [3.8, 4) is 0 Å². The van der Waals surface area contributed by atoms with Crippen LogP contribution in [0.5, 0.6) is 0 Å². The number of para-hydroxylation sites is 1. The van der Waals surface area contributed by atoms with Crippen molar-refractivity contribution >= 4 is 27.5 Å². The number of hydrogen-bond donors (Lipinski definition) is 1. The summed E-state index contributed by atoms with van der Waals surface area (Å²) < 4.78 is 0. The fourth-order valence-corrected chi connectivity index (χ4v) is 3.44. The summed E-state index contributed by atoms with van der Waals surface area (Å²) in [6.07, 6.45) is 3.91. The molecule has 0 aliphatic heterocycles. The molecular weight excluding hydrogens is 336 g/mol. The van der Waals surface area contributed by atoms with E-state index in [-0.39, 0.29) is 22.7 Å². The Morgan fingerprint density at radius 1 is 1.43 bits per heavy atom. The van der Waals surface area contributed by atoms with E-state index in [0.717, 1.165) is 25.7 Å². The average molecular weight is 355 g/mol. The van der Waals surface area contributed by atoms with Crippen molar-refractivity contribution in [1.82, 2.24) is 5.32 Å². The van der Waals surface area contributed by atoms with E-state index in [2.05, 4.69) is 28.2 Å². The van der Waals surface area contributed by atoms with Crippen LogP contribution in [0.15, 0.2) is 24.3 Å². The Bertz CT molecular complexity index is 539. The Kier molecular flexibility index (Phi) is 4.98. The molecule has 0 atom stereocenters. The van der Waals surface area contributed by atoms with E-state index in [1.165, 1.54) is 12.1 Å². The van der Waals surface area contributed by atoms with Gasteiger partial charge in [-0.25, -0.2) is 0 Å². The molecule has 1 saturated carbocycles. The Morgan fingerprint density at radius 3 is 2.62 bits per heavy atom. The lowest BCUT2D eigenvalue weighted by Crippen LogP contribution is -2.52. The zero-order valence-corrected chi connectivity index (χ0v) is 13.6. The third-order valence-corrected chi connectivity index (χ3v) is 5.28. The Labute approximate surface area is 132 Å². The van der Waals surface area contributed by atoms with Crippen molar-refractivity contribution in [3.05, 3.63) is 39.9 Å². The fraction of sp³-hybridized carbons (Fsp3) is 0.533. The second kappa shape index (κ2) is 6.56. The van der Waals surface area contributed by atoms with Gasteiger partial charge in [-0.2, -0.15) is 0 Å². The molecule has 0 saturated heterocycles. The minimum Gasteiger partial charge on any atom is -0.346 e. The summed E-state index contributed by atoms with van der Waals surface area (Å²) >= 11 is 3.49. The first-order chi connectivity index (χ1) is 9.97. The van der Waals surface area contributed by atoms with Gasteiger partial charge < -0.3 is 5.32 Å². The number of nitrogens with one attached hydrogen (secondary N) is 1. The summed E-state index contributed by atoms with van der Waals surface area (Å²) in [5.74, 6) is 0.302. The lowest BCUT2D eigenvalue weighted by atomic mass is 9.78. The van der Waals surface area contributed by atoms with Gasteiger partial charge in [-0.05, 0) is 37.7 Å². The van der Waals surface area contributed by atoms with Gasteiger partial charge in [0.25, 0.3) is 11.6 Å². The zero-order chi connectivity index (χ0) is 15.5. The molecule has 1 aromatic rings. The van der Waals surface area contributed by atoms with Crippen LogP contribution in [-0.4, -0.2) is 21.7 Å². The number of amides is 1. The van der Waals surface area contributed by atoms with Crippen molar-refractivity contribution in [2.45, 2.75) is 38.1 Å². The maximum Gasteiger partial charge on any atom is 0.282 e. The van der Waals surface area contributed by atoms with E-state index in [0.29, 0.717) is 11.2 Å². The number of hydrogen-bond acceptors (Lipinski definition) is 3. The van der Waals surface area contributed by atoms with Crippen LogP contribution in [0.4, 0.5) is 5.69 Å². The standard InChI is InChI=1S/C15H19BrN2O3/c1-11-6-8-15(10-16,9-7-11)17-14(19)12-4-2-3-5-13(12)18(20)21/h2-5,11H,6-10H2,1H3,(H,17,19). The van der Waals surface area contributed by atoms with Crippen molar-refractivity contribution in [3.63, 3.8) is 0 Å². The number of nitro benzene ring substituents is 1. The molecule has 21 heavy (non-hydrogen) atoms. The summed E-state index contributed by atoms with van der Waals surface area (Å²) in [5, 5.41) is 14.7. The second-order valence-electron chi connectivity index (χ2n) is 5.82. The number of carbonyl (C=O) groups excluding carboxylic acids is 1. The highest BCUT2D eigenvalue weighted by Crippen LogP contribution is 2.33. The van der Waals surface area contributed by atoms with Crippen LogP contribution in [0.2, 0.25) is 0 Å². The van der Waals surface area contributed by atoms with Gasteiger partial charge in [-0.15, -0.1) is 0 Å². The molecule has 5 nitrogen and oxygen atoms in total. The molecule has 1 aliphatic rings. The first-order valence-electron chi connectivity index (χ1n) is 7.09. The molecule has 0 heterocycles. The van der Waals surface area contributed by atoms with E-state index in [1.807, 2.05) is 0 Å². The number of nitro groups is 1. The van der Waals surface area contributed by atoms with E-state index in [9.17, 15) is 14.9 Å². The van der Waals surface area contributed by atoms with Crippen LogP contribution in [0.3, 0.4) is 0 Å². The van der Waals surface area contributed by atoms with Gasteiger partial charge in [0.2, 0.25) is 0 Å². The molecule has 1 fully saturated rings. The van der Waals surface area contributed by atoms with Crippen molar-refractivity contribution in [1.29, 1.82) is 0 Å². The number of rotatable bonds is 4. The molecule has 0 unspecified atom stereocenters. The fourth-order valence-electron chi connectivity index (χ4n) is 2.74. The molecule has 0 spiro atoms. The normalized spacial score (nSPS) is 25.3. The van der Waals surface area contributed by atoms with Crippen LogP contribution in [0, 0.1) is 16.0 Å². The lowest BCUT2D eigenvalue weighted by molar-refractivity contribution is -0.385. The summed E-state index contributed by atoms with van der Waals surface area (Å²) in [6, 6.07) is 6.07. The topological polar surface area (TPSA) is 72.2 Å². The van der Waals surface area contributed by atoms with Crippen molar-refractivity contribution in [2.24, 2.45) is 5.92 Å². The predicted molar refractivity (Wildman–Crippen MR) is 84.7 cm³/mol. The largest absolute Gasteiger partial charge is 0.346 e. The Hall–Kier alpha value is -1.43. The van der Waals surface area contributed by atoms with Crippen LogP contribution in [-0.2, 0) is 0 Å². The zero-order valence-electron chi connectivity index (χ0n) is 12.0. The average Bonchev–Trinajstić information content (AvgIpc) is 2.49. The molecule has 1 amide bonds. The molecule has 0 bridgehead atoms. The maximum atomic E-state index is 12.4. The maximum absolute atomic E-state index is 12.4. The monoisotopic (exact) mass is 354 g/mol. The smallest absolute Gasteiger partial charge is 0.282 e. The van der Waals surface area contributed by atoms with Gasteiger partial charge in [0.05, 0.1) is 10.5 Å². The molecule has 2 rings (SSSR count). The molecule has 0 radical (unpaired) electrons. The SMILES string of the molecule is CC1CCC(CBr)(NC(=O)c2ccccc2[N+](=O)[O-])CC1. The first-order valence-corrected chi connectivity index (χ1v) is 8.21. The molecule has 1 aliphatic carbocycles. The minimum atomic E-state index is -0.515. The van der Waals surface area contributed by atoms with Gasteiger partial charge in [0.1, 0.15) is 5.56 Å². The van der Waals surface area contributed by atoms with Crippen LogP contribution in [0.25, 0.3) is 0 Å². The highest BCUT2D eigenvalue weighted by molar-refractivity contribution is 9.09. The van der Waals surface area contributed by atoms with Gasteiger partial charge in [0.15, 0.2) is 0 Å².